The summed E-state index contributed by atoms with van der Waals surface area (Å²) in [6.45, 7) is 2.04. The fourth-order valence-electron chi connectivity index (χ4n) is 4.34. The van der Waals surface area contributed by atoms with E-state index in [2.05, 4.69) is 15.9 Å². The van der Waals surface area contributed by atoms with Crippen LogP contribution in [0.5, 0.6) is 11.5 Å². The van der Waals surface area contributed by atoms with Gasteiger partial charge in [0.25, 0.3) is 5.79 Å². The minimum atomic E-state index is -1.38. The predicted octanol–water partition coefficient (Wildman–Crippen LogP) is 5.17. The Hall–Kier alpha value is -3.03. The molecule has 0 unspecified atom stereocenters. The predicted molar refractivity (Wildman–Crippen MR) is 123 cm³/mol. The Kier molecular flexibility index (Phi) is 5.31. The van der Waals surface area contributed by atoms with Crippen molar-refractivity contribution in [2.45, 2.75) is 25.0 Å². The van der Waals surface area contributed by atoms with E-state index in [9.17, 15) is 4.79 Å². The summed E-state index contributed by atoms with van der Waals surface area (Å²) in [5, 5.41) is 0. The maximum Gasteiger partial charge on any atom is 0.336 e. The van der Waals surface area contributed by atoms with Crippen molar-refractivity contribution < 1.29 is 23.7 Å². The van der Waals surface area contributed by atoms with E-state index in [1.165, 1.54) is 0 Å². The second-order valence-corrected chi connectivity index (χ2v) is 8.46. The molecule has 1 fully saturated rings. The highest BCUT2D eigenvalue weighted by Gasteiger charge is 2.64. The van der Waals surface area contributed by atoms with Crippen LogP contribution in [0.4, 0.5) is 5.69 Å². The van der Waals surface area contributed by atoms with Crippen LogP contribution in [0.25, 0.3) is 0 Å². The standard InChI is InChI=1S/C25H22BrNO5/c1-3-30-24(28)22-25(16-8-14-19(29-2)15-9-16)31-21-7-5-4-6-20(21)23(32-25)27(22)18-12-10-17(26)11-13-18/h4-15,22-23H,3H2,1-2H3/t22-,23-,25-/m0/s1. The normalized spacial score (nSPS) is 23.3. The van der Waals surface area contributed by atoms with Crippen LogP contribution in [0.2, 0.25) is 0 Å². The number of carbonyl (C=O) groups is 1. The molecule has 3 aromatic carbocycles. The van der Waals surface area contributed by atoms with E-state index in [1.807, 2.05) is 77.7 Å². The fourth-order valence-corrected chi connectivity index (χ4v) is 4.60. The first-order chi connectivity index (χ1) is 15.6. The molecule has 164 valence electrons. The van der Waals surface area contributed by atoms with Crippen LogP contribution in [-0.4, -0.2) is 25.7 Å². The zero-order valence-corrected chi connectivity index (χ0v) is 19.2. The number of nitrogens with zero attached hydrogens (tertiary/aromatic N) is 1. The Morgan fingerprint density at radius 2 is 1.78 bits per heavy atom. The molecule has 5 rings (SSSR count). The summed E-state index contributed by atoms with van der Waals surface area (Å²) < 4.78 is 24.9. The maximum atomic E-state index is 13.4. The highest BCUT2D eigenvalue weighted by atomic mass is 79.9. The summed E-state index contributed by atoms with van der Waals surface area (Å²) in [7, 11) is 1.61. The molecule has 0 saturated carbocycles. The van der Waals surface area contributed by atoms with Crippen LogP contribution in [-0.2, 0) is 20.1 Å². The molecule has 3 atom stereocenters. The van der Waals surface area contributed by atoms with Gasteiger partial charge in [-0.05, 0) is 61.5 Å². The molecule has 0 aliphatic carbocycles. The van der Waals surface area contributed by atoms with Gasteiger partial charge in [0, 0.05) is 21.3 Å². The minimum Gasteiger partial charge on any atom is -0.497 e. The van der Waals surface area contributed by atoms with Crippen molar-refractivity contribution >= 4 is 27.6 Å². The van der Waals surface area contributed by atoms with Gasteiger partial charge in [0.05, 0.1) is 13.7 Å². The molecule has 3 aromatic rings. The second-order valence-electron chi connectivity index (χ2n) is 7.54. The molecule has 0 spiro atoms. The number of hydrogen-bond donors (Lipinski definition) is 0. The number of benzene rings is 3. The molecule has 0 radical (unpaired) electrons. The molecule has 0 N–H and O–H groups in total. The Morgan fingerprint density at radius 1 is 1.06 bits per heavy atom. The number of methoxy groups -OCH3 is 1. The number of carbonyl (C=O) groups excluding carboxylic acids is 1. The molecule has 2 aliphatic rings. The lowest BCUT2D eigenvalue weighted by atomic mass is 9.96. The Bertz CT molecular complexity index is 1130. The van der Waals surface area contributed by atoms with Crippen LogP contribution in [0, 0.1) is 0 Å². The fraction of sp³-hybridized carbons (Fsp3) is 0.240. The summed E-state index contributed by atoms with van der Waals surface area (Å²) >= 11 is 3.49. The third-order valence-corrected chi connectivity index (χ3v) is 6.28. The minimum absolute atomic E-state index is 0.250. The van der Waals surface area contributed by atoms with Gasteiger partial charge in [-0.2, -0.15) is 0 Å². The topological polar surface area (TPSA) is 57.2 Å². The van der Waals surface area contributed by atoms with Gasteiger partial charge in [0.1, 0.15) is 11.5 Å². The summed E-state index contributed by atoms with van der Waals surface area (Å²) in [5.41, 5.74) is 2.38. The molecule has 7 heteroatoms. The van der Waals surface area contributed by atoms with Crippen molar-refractivity contribution in [3.05, 3.63) is 88.4 Å². The number of fused-ring (bicyclic) bond motifs is 4. The highest BCUT2D eigenvalue weighted by Crippen LogP contribution is 2.55. The molecule has 2 bridgehead atoms. The third-order valence-electron chi connectivity index (χ3n) is 5.75. The van der Waals surface area contributed by atoms with Crippen molar-refractivity contribution in [2.75, 3.05) is 18.6 Å². The lowest BCUT2D eigenvalue weighted by Gasteiger charge is -2.36. The van der Waals surface area contributed by atoms with Gasteiger partial charge in [-0.1, -0.05) is 34.1 Å². The van der Waals surface area contributed by atoms with Gasteiger partial charge in [0.2, 0.25) is 6.04 Å². The first-order valence-corrected chi connectivity index (χ1v) is 11.2. The van der Waals surface area contributed by atoms with E-state index in [0.717, 1.165) is 15.7 Å². The van der Waals surface area contributed by atoms with E-state index in [-0.39, 0.29) is 6.61 Å². The lowest BCUT2D eigenvalue weighted by Crippen LogP contribution is -2.52. The van der Waals surface area contributed by atoms with E-state index < -0.39 is 24.0 Å². The zero-order valence-electron chi connectivity index (χ0n) is 17.7. The largest absolute Gasteiger partial charge is 0.497 e. The van der Waals surface area contributed by atoms with E-state index in [0.29, 0.717) is 17.1 Å². The summed E-state index contributed by atoms with van der Waals surface area (Å²) in [6, 6.07) is 22.0. The van der Waals surface area contributed by atoms with E-state index in [1.54, 1.807) is 14.0 Å². The van der Waals surface area contributed by atoms with Crippen LogP contribution in [0.1, 0.15) is 24.3 Å². The summed E-state index contributed by atoms with van der Waals surface area (Å²) in [6.07, 6.45) is -0.530. The number of rotatable bonds is 5. The summed E-state index contributed by atoms with van der Waals surface area (Å²) in [5.74, 6) is -0.423. The maximum absolute atomic E-state index is 13.4. The first-order valence-electron chi connectivity index (χ1n) is 10.4. The van der Waals surface area contributed by atoms with Crippen LogP contribution >= 0.6 is 15.9 Å². The van der Waals surface area contributed by atoms with Crippen molar-refractivity contribution in [3.8, 4) is 11.5 Å². The van der Waals surface area contributed by atoms with E-state index >= 15 is 0 Å². The average Bonchev–Trinajstić information content (AvgIpc) is 3.10. The quantitative estimate of drug-likeness (QED) is 0.455. The molecule has 2 heterocycles. The van der Waals surface area contributed by atoms with Crippen LogP contribution in [0.15, 0.2) is 77.3 Å². The number of ether oxygens (including phenoxy) is 4. The molecular formula is C25H22BrNO5. The molecule has 2 aliphatic heterocycles. The second kappa shape index (κ2) is 8.15. The van der Waals surface area contributed by atoms with Gasteiger partial charge in [0.15, 0.2) is 6.23 Å². The number of anilines is 1. The number of para-hydroxylation sites is 1. The van der Waals surface area contributed by atoms with Crippen molar-refractivity contribution in [2.24, 2.45) is 0 Å². The van der Waals surface area contributed by atoms with E-state index in [4.69, 9.17) is 18.9 Å². The van der Waals surface area contributed by atoms with Gasteiger partial charge >= 0.3 is 5.97 Å². The molecule has 1 saturated heterocycles. The van der Waals surface area contributed by atoms with Gasteiger partial charge in [-0.3, -0.25) is 0 Å². The van der Waals surface area contributed by atoms with Crippen molar-refractivity contribution in [1.82, 2.24) is 0 Å². The SMILES string of the molecule is CCOC(=O)[C@@H]1N(c2ccc(Br)cc2)[C@H]2O[C@]1(c1ccc(OC)cc1)Oc1ccccc12. The van der Waals surface area contributed by atoms with Gasteiger partial charge in [-0.25, -0.2) is 4.79 Å². The molecular weight excluding hydrogens is 474 g/mol. The van der Waals surface area contributed by atoms with Crippen LogP contribution < -0.4 is 14.4 Å². The molecule has 32 heavy (non-hydrogen) atoms. The van der Waals surface area contributed by atoms with Crippen LogP contribution in [0.3, 0.4) is 0 Å². The van der Waals surface area contributed by atoms with Crippen molar-refractivity contribution in [1.29, 1.82) is 0 Å². The summed E-state index contributed by atoms with van der Waals surface area (Å²) in [4.78, 5) is 15.4. The smallest absolute Gasteiger partial charge is 0.336 e. The number of esters is 1. The lowest BCUT2D eigenvalue weighted by molar-refractivity contribution is -0.209. The molecule has 0 amide bonds. The Morgan fingerprint density at radius 3 is 2.47 bits per heavy atom. The third kappa shape index (κ3) is 3.24. The monoisotopic (exact) mass is 495 g/mol. The first kappa shape index (κ1) is 20.8. The molecule has 0 aromatic heterocycles. The van der Waals surface area contributed by atoms with Gasteiger partial charge < -0.3 is 23.8 Å². The Labute approximate surface area is 194 Å². The molecule has 6 nitrogen and oxygen atoms in total. The average molecular weight is 496 g/mol. The van der Waals surface area contributed by atoms with Gasteiger partial charge in [-0.15, -0.1) is 0 Å². The zero-order chi connectivity index (χ0) is 22.3. The van der Waals surface area contributed by atoms with Crippen molar-refractivity contribution in [3.63, 3.8) is 0 Å². The number of hydrogen-bond acceptors (Lipinski definition) is 6. The number of halogens is 1. The highest BCUT2D eigenvalue weighted by molar-refractivity contribution is 9.10. The Balaban J connectivity index is 1.73.